The molecule has 0 amide bonds. The van der Waals surface area contributed by atoms with Gasteiger partial charge in [0.15, 0.2) is 0 Å². The molecule has 1 aliphatic rings. The number of nitrogens with two attached hydrogens (primary N) is 1. The number of aryl methyl sites for hydroxylation is 1. The minimum absolute atomic E-state index is 0.0955. The van der Waals surface area contributed by atoms with Gasteiger partial charge < -0.3 is 10.5 Å². The Hall–Kier alpha value is -1.00. The first-order valence-electron chi connectivity index (χ1n) is 4.88. The monoisotopic (exact) mass is 193 g/mol. The molecule has 2 rings (SSSR count). The highest BCUT2D eigenvalue weighted by Gasteiger charge is 2.16. The summed E-state index contributed by atoms with van der Waals surface area (Å²) in [4.78, 5) is 8.83. The molecule has 1 aromatic rings. The van der Waals surface area contributed by atoms with Gasteiger partial charge in [-0.1, -0.05) is 0 Å². The van der Waals surface area contributed by atoms with Crippen molar-refractivity contribution in [2.45, 2.75) is 32.9 Å². The normalized spacial score (nSPS) is 17.6. The van der Waals surface area contributed by atoms with Crippen LogP contribution in [0.15, 0.2) is 0 Å². The number of aromatic nitrogens is 2. The summed E-state index contributed by atoms with van der Waals surface area (Å²) in [5.74, 6) is 0.739. The van der Waals surface area contributed by atoms with Crippen molar-refractivity contribution < 1.29 is 4.74 Å². The van der Waals surface area contributed by atoms with Crippen molar-refractivity contribution in [1.82, 2.24) is 9.97 Å². The lowest BCUT2D eigenvalue weighted by Crippen LogP contribution is -2.19. The number of fused-ring (bicyclic) bond motifs is 1. The Balaban J connectivity index is 2.46. The Labute approximate surface area is 83.5 Å². The fourth-order valence-electron chi connectivity index (χ4n) is 1.62. The van der Waals surface area contributed by atoms with E-state index in [0.29, 0.717) is 6.61 Å². The van der Waals surface area contributed by atoms with E-state index in [9.17, 15) is 0 Å². The zero-order valence-corrected chi connectivity index (χ0v) is 8.58. The van der Waals surface area contributed by atoms with Gasteiger partial charge in [-0.2, -0.15) is 0 Å². The predicted molar refractivity (Wildman–Crippen MR) is 52.7 cm³/mol. The molecule has 4 nitrogen and oxygen atoms in total. The van der Waals surface area contributed by atoms with E-state index in [1.807, 2.05) is 13.8 Å². The van der Waals surface area contributed by atoms with Gasteiger partial charge in [0.25, 0.3) is 0 Å². The van der Waals surface area contributed by atoms with Crippen LogP contribution < -0.4 is 5.73 Å². The molecule has 76 valence electrons. The lowest BCUT2D eigenvalue weighted by Gasteiger charge is -2.18. The Bertz CT molecular complexity index is 349. The summed E-state index contributed by atoms with van der Waals surface area (Å²) < 4.78 is 5.37. The molecule has 0 aliphatic carbocycles. The van der Waals surface area contributed by atoms with Crippen LogP contribution in [0.25, 0.3) is 0 Å². The van der Waals surface area contributed by atoms with Crippen molar-refractivity contribution in [3.8, 4) is 0 Å². The van der Waals surface area contributed by atoms with E-state index in [2.05, 4.69) is 9.97 Å². The highest BCUT2D eigenvalue weighted by molar-refractivity contribution is 5.26. The molecule has 2 N–H and O–H groups in total. The lowest BCUT2D eigenvalue weighted by atomic mass is 10.1. The van der Waals surface area contributed by atoms with Gasteiger partial charge in [0, 0.05) is 17.7 Å². The zero-order chi connectivity index (χ0) is 10.1. The largest absolute Gasteiger partial charge is 0.376 e. The average Bonchev–Trinajstić information content (AvgIpc) is 2.17. The minimum Gasteiger partial charge on any atom is -0.376 e. The summed E-state index contributed by atoms with van der Waals surface area (Å²) in [6.45, 7) is 5.28. The van der Waals surface area contributed by atoms with Crippen LogP contribution in [0.1, 0.15) is 35.7 Å². The molecule has 2 heterocycles. The number of hydrogen-bond donors (Lipinski definition) is 1. The molecule has 0 spiro atoms. The smallest absolute Gasteiger partial charge is 0.145 e. The molecule has 0 saturated carbocycles. The molecular weight excluding hydrogens is 178 g/mol. The molecule has 1 aromatic heterocycles. The molecule has 1 unspecified atom stereocenters. The molecule has 0 bridgehead atoms. The predicted octanol–water partition coefficient (Wildman–Crippen LogP) is 0.877. The van der Waals surface area contributed by atoms with E-state index in [4.69, 9.17) is 10.5 Å². The van der Waals surface area contributed by atoms with Gasteiger partial charge in [0.1, 0.15) is 5.82 Å². The second kappa shape index (κ2) is 3.63. The number of ether oxygens (including phenoxy) is 1. The van der Waals surface area contributed by atoms with E-state index >= 15 is 0 Å². The summed E-state index contributed by atoms with van der Waals surface area (Å²) in [7, 11) is 0. The Morgan fingerprint density at radius 2 is 2.21 bits per heavy atom. The third kappa shape index (κ3) is 1.63. The fraction of sp³-hybridized carbons (Fsp3) is 0.600. The molecular formula is C10H15N3O. The van der Waals surface area contributed by atoms with Gasteiger partial charge in [0.2, 0.25) is 0 Å². The molecule has 14 heavy (non-hydrogen) atoms. The van der Waals surface area contributed by atoms with Crippen molar-refractivity contribution in [2.24, 2.45) is 5.73 Å². The topological polar surface area (TPSA) is 61.0 Å². The van der Waals surface area contributed by atoms with E-state index < -0.39 is 0 Å². The van der Waals surface area contributed by atoms with Gasteiger partial charge in [-0.3, -0.25) is 0 Å². The second-order valence-corrected chi connectivity index (χ2v) is 3.68. The summed E-state index contributed by atoms with van der Waals surface area (Å²) in [6.07, 6.45) is 0.873. The molecule has 0 radical (unpaired) electrons. The maximum absolute atomic E-state index is 5.76. The number of rotatable bonds is 1. The van der Waals surface area contributed by atoms with Gasteiger partial charge in [0.05, 0.1) is 24.9 Å². The highest BCUT2D eigenvalue weighted by Crippen LogP contribution is 2.18. The van der Waals surface area contributed by atoms with Crippen LogP contribution in [0, 0.1) is 6.92 Å². The van der Waals surface area contributed by atoms with Gasteiger partial charge in [-0.05, 0) is 13.8 Å². The van der Waals surface area contributed by atoms with E-state index in [0.717, 1.165) is 35.8 Å². The van der Waals surface area contributed by atoms with Crippen LogP contribution in [0.5, 0.6) is 0 Å². The number of hydrogen-bond acceptors (Lipinski definition) is 4. The van der Waals surface area contributed by atoms with Crippen LogP contribution in [-0.4, -0.2) is 16.6 Å². The van der Waals surface area contributed by atoms with Crippen LogP contribution in [-0.2, 0) is 17.8 Å². The molecule has 1 aliphatic heterocycles. The quantitative estimate of drug-likeness (QED) is 0.719. The Morgan fingerprint density at radius 3 is 2.93 bits per heavy atom. The Kier molecular flexibility index (Phi) is 2.48. The first-order chi connectivity index (χ1) is 6.68. The van der Waals surface area contributed by atoms with Gasteiger partial charge in [-0.25, -0.2) is 9.97 Å². The van der Waals surface area contributed by atoms with Crippen LogP contribution in [0.4, 0.5) is 0 Å². The first kappa shape index (κ1) is 9.55. The molecule has 4 heteroatoms. The van der Waals surface area contributed by atoms with Crippen molar-refractivity contribution in [3.05, 3.63) is 22.8 Å². The van der Waals surface area contributed by atoms with Crippen molar-refractivity contribution in [3.63, 3.8) is 0 Å². The van der Waals surface area contributed by atoms with E-state index in [1.165, 1.54) is 0 Å². The molecule has 1 atom stereocenters. The highest BCUT2D eigenvalue weighted by atomic mass is 16.5. The van der Waals surface area contributed by atoms with E-state index in [-0.39, 0.29) is 6.04 Å². The van der Waals surface area contributed by atoms with Crippen LogP contribution in [0.3, 0.4) is 0 Å². The second-order valence-electron chi connectivity index (χ2n) is 3.68. The van der Waals surface area contributed by atoms with E-state index in [1.54, 1.807) is 0 Å². The van der Waals surface area contributed by atoms with Crippen LogP contribution in [0.2, 0.25) is 0 Å². The molecule has 0 fully saturated rings. The van der Waals surface area contributed by atoms with Crippen molar-refractivity contribution >= 4 is 0 Å². The molecule has 0 aromatic carbocycles. The summed E-state index contributed by atoms with van der Waals surface area (Å²) in [5, 5.41) is 0. The van der Waals surface area contributed by atoms with Crippen molar-refractivity contribution in [1.29, 1.82) is 0 Å². The van der Waals surface area contributed by atoms with Crippen LogP contribution >= 0.6 is 0 Å². The van der Waals surface area contributed by atoms with Crippen molar-refractivity contribution in [2.75, 3.05) is 6.61 Å². The lowest BCUT2D eigenvalue weighted by molar-refractivity contribution is 0.108. The summed E-state index contributed by atoms with van der Waals surface area (Å²) >= 11 is 0. The SMILES string of the molecule is Cc1nc(C(C)N)nc2c1COCC2. The maximum Gasteiger partial charge on any atom is 0.145 e. The zero-order valence-electron chi connectivity index (χ0n) is 8.58. The third-order valence-corrected chi connectivity index (χ3v) is 2.45. The maximum atomic E-state index is 5.76. The van der Waals surface area contributed by atoms with Gasteiger partial charge >= 0.3 is 0 Å². The molecule has 0 saturated heterocycles. The third-order valence-electron chi connectivity index (χ3n) is 2.45. The summed E-state index contributed by atoms with van der Waals surface area (Å²) in [5.41, 5.74) is 9.01. The standard InChI is InChI=1S/C10H15N3O/c1-6(11)10-12-7(2)8-5-14-4-3-9(8)13-10/h6H,3-5,11H2,1-2H3. The Morgan fingerprint density at radius 1 is 1.43 bits per heavy atom. The minimum atomic E-state index is -0.0955. The summed E-state index contributed by atoms with van der Waals surface area (Å²) in [6, 6.07) is -0.0955. The first-order valence-corrected chi connectivity index (χ1v) is 4.88. The fourth-order valence-corrected chi connectivity index (χ4v) is 1.62. The average molecular weight is 193 g/mol. The van der Waals surface area contributed by atoms with Gasteiger partial charge in [-0.15, -0.1) is 0 Å². The number of nitrogens with zero attached hydrogens (tertiary/aromatic N) is 2.